The average molecular weight is 420 g/mol. The number of rotatable bonds is 5. The van der Waals surface area contributed by atoms with Crippen LogP contribution in [0.3, 0.4) is 0 Å². The summed E-state index contributed by atoms with van der Waals surface area (Å²) in [5.41, 5.74) is 6.34. The summed E-state index contributed by atoms with van der Waals surface area (Å²) in [6.45, 7) is 0. The van der Waals surface area contributed by atoms with Crippen LogP contribution in [-0.2, 0) is 0 Å². The molecule has 0 aliphatic carbocycles. The van der Waals surface area contributed by atoms with E-state index >= 15 is 0 Å². The Hall–Kier alpha value is -4.18. The summed E-state index contributed by atoms with van der Waals surface area (Å²) in [5.74, 6) is 0.506. The smallest absolute Gasteiger partial charge is 0.123 e. The minimum absolute atomic E-state index is 0.272. The topological polar surface area (TPSA) is 34.1 Å². The normalized spacial score (nSPS) is 10.8. The van der Waals surface area contributed by atoms with E-state index in [4.69, 9.17) is 9.72 Å². The zero-order valence-electron chi connectivity index (χ0n) is 17.5. The summed E-state index contributed by atoms with van der Waals surface area (Å²) in [6.07, 6.45) is 0. The number of aromatic nitrogens is 1. The number of ether oxygens (including phenoxy) is 1. The van der Waals surface area contributed by atoms with Gasteiger partial charge in [0.1, 0.15) is 11.6 Å². The number of halogens is 1. The lowest BCUT2D eigenvalue weighted by Gasteiger charge is -2.19. The zero-order chi connectivity index (χ0) is 21.9. The molecule has 32 heavy (non-hydrogen) atoms. The van der Waals surface area contributed by atoms with Crippen molar-refractivity contribution in [3.63, 3.8) is 0 Å². The van der Waals surface area contributed by atoms with Gasteiger partial charge in [0.15, 0.2) is 0 Å². The number of para-hydroxylation sites is 2. The van der Waals surface area contributed by atoms with E-state index in [2.05, 4.69) is 11.4 Å². The number of benzene rings is 4. The minimum Gasteiger partial charge on any atom is -0.497 e. The molecule has 0 bridgehead atoms. The Morgan fingerprint density at radius 3 is 2.09 bits per heavy atom. The highest BCUT2D eigenvalue weighted by atomic mass is 19.1. The fourth-order valence-corrected chi connectivity index (χ4v) is 3.86. The summed E-state index contributed by atoms with van der Waals surface area (Å²) in [6, 6.07) is 32.5. The number of pyridine rings is 1. The Kier molecular flexibility index (Phi) is 5.26. The molecule has 5 aromatic rings. The van der Waals surface area contributed by atoms with Gasteiger partial charge in [0.05, 0.1) is 24.0 Å². The average Bonchev–Trinajstić information content (AvgIpc) is 2.85. The predicted octanol–water partition coefficient (Wildman–Crippen LogP) is 7.46. The van der Waals surface area contributed by atoms with Crippen LogP contribution in [0, 0.1) is 5.82 Å². The van der Waals surface area contributed by atoms with Crippen LogP contribution < -0.4 is 10.1 Å². The van der Waals surface area contributed by atoms with Gasteiger partial charge in [-0.05, 0) is 60.2 Å². The Balaban J connectivity index is 1.83. The Morgan fingerprint density at radius 2 is 1.38 bits per heavy atom. The maximum absolute atomic E-state index is 13.8. The molecule has 1 heterocycles. The molecule has 0 aliphatic heterocycles. The van der Waals surface area contributed by atoms with Crippen LogP contribution in [-0.4, -0.2) is 12.1 Å². The van der Waals surface area contributed by atoms with Crippen molar-refractivity contribution in [3.8, 4) is 28.1 Å². The molecule has 3 nitrogen and oxygen atoms in total. The number of methoxy groups -OCH3 is 1. The molecule has 0 atom stereocenters. The third-order valence-electron chi connectivity index (χ3n) is 5.43. The van der Waals surface area contributed by atoms with E-state index in [1.165, 1.54) is 12.1 Å². The molecule has 0 aliphatic rings. The highest BCUT2D eigenvalue weighted by Gasteiger charge is 2.19. The van der Waals surface area contributed by atoms with Gasteiger partial charge in [-0.3, -0.25) is 0 Å². The van der Waals surface area contributed by atoms with E-state index in [0.29, 0.717) is 0 Å². The van der Waals surface area contributed by atoms with Crippen molar-refractivity contribution in [1.82, 2.24) is 4.98 Å². The molecule has 0 amide bonds. The van der Waals surface area contributed by atoms with Crippen LogP contribution in [0.25, 0.3) is 33.3 Å². The van der Waals surface area contributed by atoms with Crippen LogP contribution in [0.15, 0.2) is 103 Å². The van der Waals surface area contributed by atoms with E-state index in [0.717, 1.165) is 50.4 Å². The Bertz CT molecular complexity index is 1370. The highest BCUT2D eigenvalue weighted by Crippen LogP contribution is 2.42. The second kappa shape index (κ2) is 8.52. The molecule has 0 spiro atoms. The number of nitrogens with zero attached hydrogens (tertiary/aromatic N) is 1. The van der Waals surface area contributed by atoms with Gasteiger partial charge in [-0.25, -0.2) is 9.37 Å². The van der Waals surface area contributed by atoms with E-state index in [1.54, 1.807) is 19.2 Å². The first-order valence-electron chi connectivity index (χ1n) is 10.4. The van der Waals surface area contributed by atoms with Gasteiger partial charge >= 0.3 is 0 Å². The lowest BCUT2D eigenvalue weighted by Crippen LogP contribution is -2.00. The van der Waals surface area contributed by atoms with E-state index in [9.17, 15) is 4.39 Å². The molecular weight excluding hydrogens is 399 g/mol. The van der Waals surface area contributed by atoms with Crippen LogP contribution in [0.4, 0.5) is 15.8 Å². The van der Waals surface area contributed by atoms with Crippen LogP contribution in [0.1, 0.15) is 0 Å². The van der Waals surface area contributed by atoms with Gasteiger partial charge in [0.2, 0.25) is 0 Å². The van der Waals surface area contributed by atoms with Gasteiger partial charge in [0, 0.05) is 22.2 Å². The van der Waals surface area contributed by atoms with Gasteiger partial charge in [-0.15, -0.1) is 0 Å². The molecule has 0 saturated heterocycles. The van der Waals surface area contributed by atoms with E-state index < -0.39 is 0 Å². The number of hydrogen-bond acceptors (Lipinski definition) is 3. The molecule has 0 radical (unpaired) electrons. The van der Waals surface area contributed by atoms with E-state index in [1.807, 2.05) is 72.8 Å². The molecular formula is C28H21FN2O. The van der Waals surface area contributed by atoms with Crippen molar-refractivity contribution in [3.05, 3.63) is 109 Å². The highest BCUT2D eigenvalue weighted by molar-refractivity contribution is 6.06. The molecule has 0 fully saturated rings. The van der Waals surface area contributed by atoms with Crippen molar-refractivity contribution in [2.75, 3.05) is 12.4 Å². The lowest BCUT2D eigenvalue weighted by atomic mass is 9.94. The first-order chi connectivity index (χ1) is 15.7. The van der Waals surface area contributed by atoms with Crippen molar-refractivity contribution < 1.29 is 9.13 Å². The quantitative estimate of drug-likeness (QED) is 0.320. The first-order valence-corrected chi connectivity index (χ1v) is 10.4. The van der Waals surface area contributed by atoms with Gasteiger partial charge in [-0.2, -0.15) is 0 Å². The number of nitrogens with one attached hydrogen (secondary N) is 1. The molecule has 4 heteroatoms. The SMILES string of the molecule is COc1ccc(-c2nc3ccccc3c(Nc3ccccc3)c2-c2ccc(F)cc2)cc1. The molecule has 0 saturated carbocycles. The molecule has 0 unspecified atom stereocenters. The summed E-state index contributed by atoms with van der Waals surface area (Å²) < 4.78 is 19.1. The van der Waals surface area contributed by atoms with Crippen molar-refractivity contribution >= 4 is 22.3 Å². The summed E-state index contributed by atoms with van der Waals surface area (Å²) in [4.78, 5) is 5.03. The van der Waals surface area contributed by atoms with Gasteiger partial charge < -0.3 is 10.1 Å². The van der Waals surface area contributed by atoms with Crippen molar-refractivity contribution in [1.29, 1.82) is 0 Å². The summed E-state index contributed by atoms with van der Waals surface area (Å²) in [7, 11) is 1.65. The van der Waals surface area contributed by atoms with Gasteiger partial charge in [0.25, 0.3) is 0 Å². The predicted molar refractivity (Wildman–Crippen MR) is 129 cm³/mol. The largest absolute Gasteiger partial charge is 0.497 e. The van der Waals surface area contributed by atoms with Crippen LogP contribution >= 0.6 is 0 Å². The Morgan fingerprint density at radius 1 is 0.719 bits per heavy atom. The monoisotopic (exact) mass is 420 g/mol. The number of hydrogen-bond donors (Lipinski definition) is 1. The van der Waals surface area contributed by atoms with E-state index in [-0.39, 0.29) is 5.82 Å². The summed E-state index contributed by atoms with van der Waals surface area (Å²) >= 11 is 0. The van der Waals surface area contributed by atoms with Crippen LogP contribution in [0.2, 0.25) is 0 Å². The molecule has 1 N–H and O–H groups in total. The van der Waals surface area contributed by atoms with Crippen molar-refractivity contribution in [2.24, 2.45) is 0 Å². The fraction of sp³-hybridized carbons (Fsp3) is 0.0357. The maximum Gasteiger partial charge on any atom is 0.123 e. The second-order valence-electron chi connectivity index (χ2n) is 7.45. The maximum atomic E-state index is 13.8. The lowest BCUT2D eigenvalue weighted by molar-refractivity contribution is 0.415. The molecule has 5 rings (SSSR count). The number of anilines is 2. The third-order valence-corrected chi connectivity index (χ3v) is 5.43. The van der Waals surface area contributed by atoms with Crippen molar-refractivity contribution in [2.45, 2.75) is 0 Å². The first kappa shape index (κ1) is 19.8. The van der Waals surface area contributed by atoms with Gasteiger partial charge in [-0.1, -0.05) is 48.5 Å². The second-order valence-corrected chi connectivity index (χ2v) is 7.45. The standard InChI is InChI=1S/C28H21FN2O/c1-32-23-17-13-20(14-18-23)27-26(19-11-15-21(29)16-12-19)28(30-22-7-3-2-4-8-22)24-9-5-6-10-25(24)31-27/h2-18H,1H3,(H,30,31). The molecule has 1 aromatic heterocycles. The minimum atomic E-state index is -0.272. The zero-order valence-corrected chi connectivity index (χ0v) is 17.5. The molecule has 156 valence electrons. The number of fused-ring (bicyclic) bond motifs is 1. The van der Waals surface area contributed by atoms with Crippen LogP contribution in [0.5, 0.6) is 5.75 Å². The Labute approximate surface area is 186 Å². The summed E-state index contributed by atoms with van der Waals surface area (Å²) in [5, 5.41) is 4.60. The third kappa shape index (κ3) is 3.79. The molecule has 4 aromatic carbocycles. The fourth-order valence-electron chi connectivity index (χ4n) is 3.86.